The molecule has 0 aliphatic carbocycles. The number of likely N-dealkylation sites (tertiary alicyclic amines) is 2. The predicted molar refractivity (Wildman–Crippen MR) is 174 cm³/mol. The standard InChI is InChI=1S/C35H54N6O4/c1-24(2)21-30-34(43)39(29-14-19-38(20-15-29)28-12-17-37(18-13-28)26(5)6)23-32-40(30)35(44)31(22-25(3)4)45-41(32)33(42)11-10-27-9-7-8-16-36-27/h7-11,16,24-26,28-32H,12-15,17-23H2,1-6H3/b11-10+/t30-,31+,32-/m0/s1. The van der Waals surface area contributed by atoms with E-state index in [9.17, 15) is 14.4 Å². The van der Waals surface area contributed by atoms with Crippen LogP contribution in [0.5, 0.6) is 0 Å². The highest BCUT2D eigenvalue weighted by Gasteiger charge is 2.53. The maximum Gasteiger partial charge on any atom is 0.272 e. The fraction of sp³-hybridized carbons (Fsp3) is 0.714. The van der Waals surface area contributed by atoms with Gasteiger partial charge in [-0.25, -0.2) is 0 Å². The number of pyridine rings is 1. The van der Waals surface area contributed by atoms with Crippen LogP contribution in [-0.4, -0.2) is 117 Å². The third kappa shape index (κ3) is 7.77. The molecule has 0 saturated carbocycles. The van der Waals surface area contributed by atoms with Gasteiger partial charge in [0.05, 0.1) is 12.2 Å². The van der Waals surface area contributed by atoms with Crippen LogP contribution in [-0.2, 0) is 19.2 Å². The Labute approximate surface area is 269 Å². The van der Waals surface area contributed by atoms with Crippen molar-refractivity contribution in [2.24, 2.45) is 11.8 Å². The molecule has 45 heavy (non-hydrogen) atoms. The summed E-state index contributed by atoms with van der Waals surface area (Å²) < 4.78 is 0. The lowest BCUT2D eigenvalue weighted by Gasteiger charge is -2.55. The summed E-state index contributed by atoms with van der Waals surface area (Å²) in [6, 6.07) is 6.17. The zero-order valence-electron chi connectivity index (χ0n) is 28.2. The molecule has 0 aromatic carbocycles. The molecule has 3 atom stereocenters. The zero-order valence-corrected chi connectivity index (χ0v) is 28.2. The van der Waals surface area contributed by atoms with Crippen molar-refractivity contribution in [3.8, 4) is 0 Å². The Morgan fingerprint density at radius 2 is 1.58 bits per heavy atom. The lowest BCUT2D eigenvalue weighted by Crippen LogP contribution is -2.74. The summed E-state index contributed by atoms with van der Waals surface area (Å²) in [6.45, 7) is 17.3. The van der Waals surface area contributed by atoms with Gasteiger partial charge in [-0.1, -0.05) is 33.8 Å². The van der Waals surface area contributed by atoms with Crippen molar-refractivity contribution in [1.82, 2.24) is 29.6 Å². The van der Waals surface area contributed by atoms with Crippen LogP contribution in [0.4, 0.5) is 0 Å². The molecule has 5 rings (SSSR count). The van der Waals surface area contributed by atoms with Crippen LogP contribution in [0.25, 0.3) is 6.08 Å². The van der Waals surface area contributed by atoms with Crippen molar-refractivity contribution in [2.75, 3.05) is 32.7 Å². The molecule has 4 aliphatic heterocycles. The maximum atomic E-state index is 14.3. The van der Waals surface area contributed by atoms with E-state index in [4.69, 9.17) is 4.84 Å². The molecular formula is C35H54N6O4. The first-order valence-corrected chi connectivity index (χ1v) is 17.2. The summed E-state index contributed by atoms with van der Waals surface area (Å²) >= 11 is 0. The van der Waals surface area contributed by atoms with E-state index in [0.29, 0.717) is 30.6 Å². The lowest BCUT2D eigenvalue weighted by atomic mass is 9.92. The second-order valence-corrected chi connectivity index (χ2v) is 14.5. The highest BCUT2D eigenvalue weighted by molar-refractivity contribution is 5.95. The van der Waals surface area contributed by atoms with Gasteiger partial charge in [0, 0.05) is 43.5 Å². The molecule has 0 unspecified atom stereocenters. The van der Waals surface area contributed by atoms with Crippen LogP contribution in [0.1, 0.15) is 85.8 Å². The molecule has 3 amide bonds. The minimum Gasteiger partial charge on any atom is -0.334 e. The van der Waals surface area contributed by atoms with E-state index >= 15 is 0 Å². The molecule has 0 spiro atoms. The molecule has 1 aromatic rings. The maximum absolute atomic E-state index is 14.3. The normalized spacial score (nSPS) is 26.6. The molecule has 4 aliphatic rings. The topological polar surface area (TPSA) is 89.5 Å². The largest absolute Gasteiger partial charge is 0.334 e. The second-order valence-electron chi connectivity index (χ2n) is 14.5. The van der Waals surface area contributed by atoms with Gasteiger partial charge < -0.3 is 19.6 Å². The fourth-order valence-corrected chi connectivity index (χ4v) is 7.57. The Bertz CT molecular complexity index is 1190. The van der Waals surface area contributed by atoms with Crippen LogP contribution >= 0.6 is 0 Å². The Balaban J connectivity index is 1.36. The molecule has 4 saturated heterocycles. The SMILES string of the molecule is CC(C)C[C@H]1ON(C(=O)/C=C/c2ccccn2)[C@H]2CN(C3CCN(C4CCN(C(C)C)CC4)CC3)C(=O)[C@H](CC(C)C)N2C1=O. The van der Waals surface area contributed by atoms with Gasteiger partial charge in [0.25, 0.3) is 11.8 Å². The molecule has 10 heteroatoms. The number of nitrogens with zero attached hydrogens (tertiary/aromatic N) is 6. The Morgan fingerprint density at radius 3 is 2.18 bits per heavy atom. The van der Waals surface area contributed by atoms with Gasteiger partial charge in [0.15, 0.2) is 12.3 Å². The monoisotopic (exact) mass is 622 g/mol. The number of rotatable bonds is 9. The Hall–Kier alpha value is -2.82. The van der Waals surface area contributed by atoms with Crippen LogP contribution < -0.4 is 0 Å². The number of piperidine rings is 2. The van der Waals surface area contributed by atoms with E-state index < -0.39 is 18.3 Å². The summed E-state index contributed by atoms with van der Waals surface area (Å²) in [5.74, 6) is -0.145. The summed E-state index contributed by atoms with van der Waals surface area (Å²) in [5.41, 5.74) is 0.661. The van der Waals surface area contributed by atoms with Gasteiger partial charge in [-0.2, -0.15) is 5.06 Å². The van der Waals surface area contributed by atoms with E-state index in [1.807, 2.05) is 36.9 Å². The number of piperazine rings is 1. The predicted octanol–water partition coefficient (Wildman–Crippen LogP) is 4.03. The van der Waals surface area contributed by atoms with Crippen LogP contribution in [0.15, 0.2) is 30.5 Å². The third-order valence-electron chi connectivity index (χ3n) is 9.99. The first-order valence-electron chi connectivity index (χ1n) is 17.2. The van der Waals surface area contributed by atoms with E-state index in [1.165, 1.54) is 24.0 Å². The number of fused-ring (bicyclic) bond motifs is 1. The molecule has 4 fully saturated rings. The molecule has 0 bridgehead atoms. The van der Waals surface area contributed by atoms with Crippen molar-refractivity contribution < 1.29 is 19.2 Å². The van der Waals surface area contributed by atoms with Crippen LogP contribution in [0, 0.1) is 11.8 Å². The van der Waals surface area contributed by atoms with Crippen molar-refractivity contribution in [1.29, 1.82) is 0 Å². The molecule has 0 radical (unpaired) electrons. The first-order chi connectivity index (χ1) is 21.5. The van der Waals surface area contributed by atoms with Crippen molar-refractivity contribution >= 4 is 23.8 Å². The Kier molecular flexibility index (Phi) is 11.0. The van der Waals surface area contributed by atoms with Gasteiger partial charge >= 0.3 is 0 Å². The van der Waals surface area contributed by atoms with Crippen molar-refractivity contribution in [2.45, 2.75) is 117 Å². The molecule has 5 heterocycles. The number of hydrogen-bond acceptors (Lipinski definition) is 7. The highest BCUT2D eigenvalue weighted by atomic mass is 16.7. The number of hydrogen-bond donors (Lipinski definition) is 0. The van der Waals surface area contributed by atoms with Gasteiger partial charge in [0.2, 0.25) is 5.91 Å². The zero-order chi connectivity index (χ0) is 32.2. The summed E-state index contributed by atoms with van der Waals surface area (Å²) in [6.07, 6.45) is 8.52. The van der Waals surface area contributed by atoms with Crippen LogP contribution in [0.2, 0.25) is 0 Å². The molecule has 10 nitrogen and oxygen atoms in total. The molecule has 0 N–H and O–H groups in total. The van der Waals surface area contributed by atoms with E-state index in [1.54, 1.807) is 17.2 Å². The quantitative estimate of drug-likeness (QED) is 0.384. The van der Waals surface area contributed by atoms with Crippen molar-refractivity contribution in [3.05, 3.63) is 36.2 Å². The average Bonchev–Trinajstić information content (AvgIpc) is 3.02. The van der Waals surface area contributed by atoms with Gasteiger partial charge in [-0.15, -0.1) is 0 Å². The smallest absolute Gasteiger partial charge is 0.272 e. The fourth-order valence-electron chi connectivity index (χ4n) is 7.57. The second kappa shape index (κ2) is 14.7. The number of hydroxylamine groups is 2. The highest BCUT2D eigenvalue weighted by Crippen LogP contribution is 2.35. The number of amides is 3. The molecular weight excluding hydrogens is 568 g/mol. The summed E-state index contributed by atoms with van der Waals surface area (Å²) in [5, 5.41) is 1.37. The molecule has 248 valence electrons. The first kappa shape index (κ1) is 33.5. The number of carbonyl (C=O) groups is 3. The van der Waals surface area contributed by atoms with E-state index in [2.05, 4.69) is 42.5 Å². The average molecular weight is 623 g/mol. The number of aromatic nitrogens is 1. The minimum atomic E-state index is -0.812. The van der Waals surface area contributed by atoms with Crippen molar-refractivity contribution in [3.63, 3.8) is 0 Å². The summed E-state index contributed by atoms with van der Waals surface area (Å²) in [4.78, 5) is 61.5. The van der Waals surface area contributed by atoms with E-state index in [0.717, 1.165) is 39.0 Å². The molecule has 1 aromatic heterocycles. The minimum absolute atomic E-state index is 0.0126. The van der Waals surface area contributed by atoms with Gasteiger partial charge in [-0.05, 0) is 95.5 Å². The van der Waals surface area contributed by atoms with Crippen LogP contribution in [0.3, 0.4) is 0 Å². The third-order valence-corrected chi connectivity index (χ3v) is 9.99. The van der Waals surface area contributed by atoms with E-state index in [-0.39, 0.29) is 42.1 Å². The van der Waals surface area contributed by atoms with Gasteiger partial charge in [0.1, 0.15) is 6.04 Å². The number of carbonyl (C=O) groups excluding carboxylic acids is 3. The Morgan fingerprint density at radius 1 is 0.911 bits per heavy atom. The lowest BCUT2D eigenvalue weighted by molar-refractivity contribution is -0.275. The summed E-state index contributed by atoms with van der Waals surface area (Å²) in [7, 11) is 0. The van der Waals surface area contributed by atoms with Gasteiger partial charge in [-0.3, -0.25) is 24.2 Å².